The van der Waals surface area contributed by atoms with Crippen molar-refractivity contribution in [3.8, 4) is 0 Å². The van der Waals surface area contributed by atoms with Crippen LogP contribution in [0.25, 0.3) is 0 Å². The Labute approximate surface area is 94.2 Å². The Morgan fingerprint density at radius 2 is 1.80 bits per heavy atom. The first-order chi connectivity index (χ1) is 7.09. The fourth-order valence-electron chi connectivity index (χ4n) is 2.32. The first kappa shape index (κ1) is 12.3. The fourth-order valence-corrected chi connectivity index (χ4v) is 5.90. The molecule has 1 rings (SSSR count). The topological polar surface area (TPSA) is 21.1 Å². The predicted octanol–water partition coefficient (Wildman–Crippen LogP) is 2.86. The van der Waals surface area contributed by atoms with E-state index in [0.29, 0.717) is 0 Å². The number of anilines is 1. The molecule has 0 amide bonds. The van der Waals surface area contributed by atoms with Crippen LogP contribution >= 0.6 is 0 Å². The van der Waals surface area contributed by atoms with E-state index in [4.69, 9.17) is 0 Å². The highest BCUT2D eigenvalue weighted by atomic mass is 28.3. The Balaban J connectivity index is 2.94. The first-order valence-electron chi connectivity index (χ1n) is 5.82. The Morgan fingerprint density at radius 1 is 1.27 bits per heavy atom. The number of rotatable bonds is 5. The van der Waals surface area contributed by atoms with Gasteiger partial charge in [0.15, 0.2) is 8.24 Å². The molecule has 1 heterocycles. The molecule has 0 bridgehead atoms. The van der Waals surface area contributed by atoms with Crippen LogP contribution in [0.1, 0.15) is 20.8 Å². The molecule has 0 aliphatic rings. The molecule has 0 atom stereocenters. The van der Waals surface area contributed by atoms with Gasteiger partial charge in [-0.05, 0) is 25.2 Å². The lowest BCUT2D eigenvalue weighted by molar-refractivity contribution is 0.767. The molecule has 0 unspecified atom stereocenters. The van der Waals surface area contributed by atoms with Gasteiger partial charge in [-0.2, -0.15) is 5.10 Å². The number of aromatic nitrogens is 2. The lowest BCUT2D eigenvalue weighted by atomic mass is 10.6. The highest BCUT2D eigenvalue weighted by molar-refractivity contribution is 6.83. The summed E-state index contributed by atoms with van der Waals surface area (Å²) in [6.07, 6.45) is 4.09. The third kappa shape index (κ3) is 2.25. The molecule has 0 aliphatic carbocycles. The molecule has 86 valence electrons. The van der Waals surface area contributed by atoms with Gasteiger partial charge in [0, 0.05) is 13.2 Å². The van der Waals surface area contributed by atoms with E-state index in [9.17, 15) is 0 Å². The van der Waals surface area contributed by atoms with Gasteiger partial charge in [0.1, 0.15) is 0 Å². The van der Waals surface area contributed by atoms with Gasteiger partial charge in [0.2, 0.25) is 0 Å². The molecule has 0 spiro atoms. The third-order valence-corrected chi connectivity index (χ3v) is 9.39. The average Bonchev–Trinajstić information content (AvgIpc) is 2.68. The summed E-state index contributed by atoms with van der Waals surface area (Å²) < 4.78 is 4.39. The predicted molar refractivity (Wildman–Crippen MR) is 68.8 cm³/mol. The average molecular weight is 225 g/mol. The molecule has 1 aromatic rings. The van der Waals surface area contributed by atoms with Crippen molar-refractivity contribution in [3.05, 3.63) is 12.4 Å². The van der Waals surface area contributed by atoms with Crippen LogP contribution in [0.5, 0.6) is 0 Å². The van der Waals surface area contributed by atoms with Crippen LogP contribution in [0, 0.1) is 0 Å². The van der Waals surface area contributed by atoms with Crippen molar-refractivity contribution in [2.24, 2.45) is 7.05 Å². The quantitative estimate of drug-likeness (QED) is 0.719. The minimum atomic E-state index is -1.27. The smallest absolute Gasteiger partial charge is 0.155 e. The monoisotopic (exact) mass is 225 g/mol. The highest BCUT2D eigenvalue weighted by Crippen LogP contribution is 2.28. The van der Waals surface area contributed by atoms with Crippen molar-refractivity contribution in [2.45, 2.75) is 38.9 Å². The zero-order valence-electron chi connectivity index (χ0n) is 10.6. The second kappa shape index (κ2) is 4.83. The SMILES string of the molecule is CC[Si](CC)(CC)N(C)c1cnn(C)c1. The first-order valence-corrected chi connectivity index (χ1v) is 8.39. The van der Waals surface area contributed by atoms with Crippen LogP contribution in [0.3, 0.4) is 0 Å². The van der Waals surface area contributed by atoms with Crippen LogP contribution in [-0.4, -0.2) is 25.1 Å². The minimum absolute atomic E-state index is 1.27. The van der Waals surface area contributed by atoms with Crippen LogP contribution in [0.15, 0.2) is 12.4 Å². The summed E-state index contributed by atoms with van der Waals surface area (Å²) >= 11 is 0. The zero-order valence-corrected chi connectivity index (χ0v) is 11.6. The molecule has 0 fully saturated rings. The lowest BCUT2D eigenvalue weighted by Crippen LogP contribution is -2.50. The van der Waals surface area contributed by atoms with E-state index >= 15 is 0 Å². The van der Waals surface area contributed by atoms with Gasteiger partial charge in [-0.25, -0.2) is 0 Å². The maximum Gasteiger partial charge on any atom is 0.155 e. The molecular weight excluding hydrogens is 202 g/mol. The molecule has 0 aliphatic heterocycles. The Kier molecular flexibility index (Phi) is 3.96. The molecule has 4 heteroatoms. The van der Waals surface area contributed by atoms with Gasteiger partial charge >= 0.3 is 0 Å². The van der Waals surface area contributed by atoms with Crippen LogP contribution in [-0.2, 0) is 7.05 Å². The van der Waals surface area contributed by atoms with Gasteiger partial charge in [-0.3, -0.25) is 4.68 Å². The van der Waals surface area contributed by atoms with E-state index < -0.39 is 8.24 Å². The van der Waals surface area contributed by atoms with E-state index in [2.05, 4.69) is 43.7 Å². The summed E-state index contributed by atoms with van der Waals surface area (Å²) in [6, 6.07) is 3.93. The Morgan fingerprint density at radius 3 is 2.13 bits per heavy atom. The second-order valence-electron chi connectivity index (χ2n) is 4.22. The summed E-state index contributed by atoms with van der Waals surface area (Å²) in [5.74, 6) is 0. The fraction of sp³-hybridized carbons (Fsp3) is 0.727. The van der Waals surface area contributed by atoms with Crippen molar-refractivity contribution < 1.29 is 0 Å². The van der Waals surface area contributed by atoms with Gasteiger partial charge in [0.25, 0.3) is 0 Å². The molecule has 0 aromatic carbocycles. The van der Waals surface area contributed by atoms with E-state index in [1.165, 1.54) is 23.8 Å². The number of hydrogen-bond donors (Lipinski definition) is 0. The standard InChI is InChI=1S/C11H23N3Si/c1-6-15(7-2,8-3)14(5)11-9-12-13(4)10-11/h9-10H,6-8H2,1-5H3. The van der Waals surface area contributed by atoms with E-state index in [1.54, 1.807) is 0 Å². The molecule has 1 aromatic heterocycles. The maximum atomic E-state index is 4.25. The lowest BCUT2D eigenvalue weighted by Gasteiger charge is -2.38. The Hall–Kier alpha value is -0.773. The van der Waals surface area contributed by atoms with Gasteiger partial charge in [-0.15, -0.1) is 0 Å². The molecule has 0 radical (unpaired) electrons. The summed E-state index contributed by atoms with van der Waals surface area (Å²) in [5, 5.41) is 4.25. The molecular formula is C11H23N3Si. The van der Waals surface area contributed by atoms with Gasteiger partial charge in [-0.1, -0.05) is 20.8 Å². The molecule has 0 N–H and O–H groups in total. The van der Waals surface area contributed by atoms with E-state index in [0.717, 1.165) is 0 Å². The molecule has 15 heavy (non-hydrogen) atoms. The van der Waals surface area contributed by atoms with Crippen molar-refractivity contribution in [1.29, 1.82) is 0 Å². The summed E-state index contributed by atoms with van der Waals surface area (Å²) in [6.45, 7) is 6.98. The third-order valence-electron chi connectivity index (χ3n) is 3.76. The normalized spacial score (nSPS) is 11.8. The van der Waals surface area contributed by atoms with E-state index in [-0.39, 0.29) is 0 Å². The van der Waals surface area contributed by atoms with Crippen molar-refractivity contribution in [3.63, 3.8) is 0 Å². The Bertz CT molecular complexity index is 296. The van der Waals surface area contributed by atoms with E-state index in [1.807, 2.05) is 17.9 Å². The largest absolute Gasteiger partial charge is 0.397 e. The van der Waals surface area contributed by atoms with Crippen molar-refractivity contribution in [2.75, 3.05) is 11.6 Å². The maximum absolute atomic E-state index is 4.25. The van der Waals surface area contributed by atoms with Crippen molar-refractivity contribution in [1.82, 2.24) is 9.78 Å². The minimum Gasteiger partial charge on any atom is -0.397 e. The van der Waals surface area contributed by atoms with Gasteiger partial charge < -0.3 is 4.57 Å². The summed E-state index contributed by atoms with van der Waals surface area (Å²) in [7, 11) is 2.94. The van der Waals surface area contributed by atoms with Crippen LogP contribution < -0.4 is 4.57 Å². The van der Waals surface area contributed by atoms with Crippen molar-refractivity contribution >= 4 is 13.9 Å². The summed E-state index contributed by atoms with van der Waals surface area (Å²) in [4.78, 5) is 0. The van der Waals surface area contributed by atoms with Crippen LogP contribution in [0.2, 0.25) is 18.1 Å². The highest BCUT2D eigenvalue weighted by Gasteiger charge is 2.32. The summed E-state index contributed by atoms with van der Waals surface area (Å²) in [5.41, 5.74) is 1.27. The number of nitrogens with zero attached hydrogens (tertiary/aromatic N) is 3. The van der Waals surface area contributed by atoms with Crippen LogP contribution in [0.4, 0.5) is 5.69 Å². The number of aryl methyl sites for hydroxylation is 1. The molecule has 0 saturated heterocycles. The molecule has 0 saturated carbocycles. The molecule has 3 nitrogen and oxygen atoms in total. The second-order valence-corrected chi connectivity index (χ2v) is 9.46. The van der Waals surface area contributed by atoms with Gasteiger partial charge in [0.05, 0.1) is 11.9 Å². The zero-order chi connectivity index (χ0) is 11.5. The number of hydrogen-bond acceptors (Lipinski definition) is 2.